The van der Waals surface area contributed by atoms with Gasteiger partial charge in [0.15, 0.2) is 5.82 Å². The van der Waals surface area contributed by atoms with Crippen LogP contribution in [0.3, 0.4) is 0 Å². The molecule has 13 rings (SSSR count). The van der Waals surface area contributed by atoms with Gasteiger partial charge in [0.25, 0.3) is 0 Å². The maximum Gasteiger partial charge on any atom is 0.161 e. The predicted octanol–water partition coefficient (Wildman–Crippen LogP) is 14.9. The zero-order valence-corrected chi connectivity index (χ0v) is 33.2. The average molecular weight is 773 g/mol. The second-order valence-electron chi connectivity index (χ2n) is 16.4. The molecule has 0 saturated heterocycles. The van der Waals surface area contributed by atoms with Crippen molar-refractivity contribution in [2.24, 2.45) is 0 Å². The zero-order chi connectivity index (χ0) is 40.1. The normalized spacial score (nSPS) is 13.0. The van der Waals surface area contributed by atoms with Gasteiger partial charge in [0, 0.05) is 22.1 Å². The van der Waals surface area contributed by atoms with Crippen LogP contribution in [-0.4, -0.2) is 9.97 Å². The molecule has 0 amide bonds. The molecule has 2 aliphatic rings. The van der Waals surface area contributed by atoms with Gasteiger partial charge in [-0.1, -0.05) is 200 Å². The molecule has 2 heteroatoms. The Morgan fingerprint density at radius 1 is 0.262 bits per heavy atom. The molecule has 10 aromatic carbocycles. The maximum atomic E-state index is 5.34. The van der Waals surface area contributed by atoms with Gasteiger partial charge in [-0.3, -0.25) is 0 Å². The lowest BCUT2D eigenvalue weighted by Crippen LogP contribution is -2.25. The number of hydrogen-bond acceptors (Lipinski definition) is 2. The van der Waals surface area contributed by atoms with Crippen molar-refractivity contribution >= 4 is 32.3 Å². The molecular formula is C59H36N2. The minimum absolute atomic E-state index is 0.403. The molecule has 11 aromatic rings. The monoisotopic (exact) mass is 772 g/mol. The first kappa shape index (κ1) is 34.0. The van der Waals surface area contributed by atoms with E-state index in [1.807, 2.05) is 0 Å². The van der Waals surface area contributed by atoms with Gasteiger partial charge in [0.1, 0.15) is 0 Å². The fourth-order valence-corrected chi connectivity index (χ4v) is 10.7. The summed E-state index contributed by atoms with van der Waals surface area (Å²) in [5.74, 6) is 0.712. The van der Waals surface area contributed by atoms with Crippen LogP contribution in [0.4, 0.5) is 0 Å². The van der Waals surface area contributed by atoms with Crippen LogP contribution in [0.25, 0.3) is 99.6 Å². The zero-order valence-electron chi connectivity index (χ0n) is 33.2. The Hall–Kier alpha value is -7.94. The third-order valence-corrected chi connectivity index (χ3v) is 13.3. The second kappa shape index (κ2) is 13.0. The topological polar surface area (TPSA) is 25.8 Å². The van der Waals surface area contributed by atoms with E-state index < -0.39 is 5.41 Å². The quantitative estimate of drug-likeness (QED) is 0.167. The van der Waals surface area contributed by atoms with Crippen molar-refractivity contribution in [3.8, 4) is 67.3 Å². The summed E-state index contributed by atoms with van der Waals surface area (Å²) in [6.07, 6.45) is 0. The van der Waals surface area contributed by atoms with E-state index in [0.717, 1.165) is 33.5 Å². The maximum absolute atomic E-state index is 5.34. The molecule has 0 unspecified atom stereocenters. The highest BCUT2D eigenvalue weighted by Crippen LogP contribution is 2.63. The molecular weight excluding hydrogens is 737 g/mol. The van der Waals surface area contributed by atoms with Gasteiger partial charge in [-0.05, 0) is 101 Å². The van der Waals surface area contributed by atoms with Crippen LogP contribution < -0.4 is 0 Å². The molecule has 2 aliphatic carbocycles. The summed E-state index contributed by atoms with van der Waals surface area (Å²) >= 11 is 0. The Balaban J connectivity index is 1.07. The van der Waals surface area contributed by atoms with Gasteiger partial charge in [-0.15, -0.1) is 0 Å². The highest BCUT2D eigenvalue weighted by Gasteiger charge is 2.51. The lowest BCUT2D eigenvalue weighted by molar-refractivity contribution is 0.794. The number of rotatable bonds is 4. The Morgan fingerprint density at radius 3 is 1.31 bits per heavy atom. The first-order valence-corrected chi connectivity index (χ1v) is 21.1. The summed E-state index contributed by atoms with van der Waals surface area (Å²) in [7, 11) is 0. The molecule has 0 N–H and O–H groups in total. The fourth-order valence-electron chi connectivity index (χ4n) is 10.7. The van der Waals surface area contributed by atoms with Crippen LogP contribution >= 0.6 is 0 Å². The Bertz CT molecular complexity index is 3470. The van der Waals surface area contributed by atoms with Crippen LogP contribution in [0, 0.1) is 0 Å². The molecule has 0 aliphatic heterocycles. The van der Waals surface area contributed by atoms with Gasteiger partial charge in [0.05, 0.1) is 16.8 Å². The van der Waals surface area contributed by atoms with E-state index in [-0.39, 0.29) is 0 Å². The molecule has 0 atom stereocenters. The highest BCUT2D eigenvalue weighted by molar-refractivity contribution is 6.28. The minimum atomic E-state index is -0.403. The summed E-state index contributed by atoms with van der Waals surface area (Å²) in [5.41, 5.74) is 17.6. The third-order valence-electron chi connectivity index (χ3n) is 13.3. The van der Waals surface area contributed by atoms with Gasteiger partial charge < -0.3 is 0 Å². The Morgan fingerprint density at radius 2 is 0.705 bits per heavy atom. The Labute approximate surface area is 354 Å². The smallest absolute Gasteiger partial charge is 0.161 e. The van der Waals surface area contributed by atoms with E-state index in [4.69, 9.17) is 9.97 Å². The summed E-state index contributed by atoms with van der Waals surface area (Å²) in [6.45, 7) is 0. The molecule has 61 heavy (non-hydrogen) atoms. The second-order valence-corrected chi connectivity index (χ2v) is 16.4. The van der Waals surface area contributed by atoms with E-state index in [2.05, 4.69) is 218 Å². The molecule has 0 radical (unpaired) electrons. The van der Waals surface area contributed by atoms with Crippen molar-refractivity contribution in [2.75, 3.05) is 0 Å². The summed E-state index contributed by atoms with van der Waals surface area (Å²) in [6, 6.07) is 79.8. The average Bonchev–Trinajstić information content (AvgIpc) is 3.81. The number of nitrogens with zero attached hydrogens (tertiary/aromatic N) is 2. The summed E-state index contributed by atoms with van der Waals surface area (Å²) in [5, 5.41) is 7.21. The number of benzene rings is 10. The minimum Gasteiger partial charge on any atom is -0.228 e. The lowest BCUT2D eigenvalue weighted by atomic mass is 9.70. The van der Waals surface area contributed by atoms with Crippen LogP contribution in [0.15, 0.2) is 218 Å². The van der Waals surface area contributed by atoms with Crippen LogP contribution in [0.1, 0.15) is 22.3 Å². The lowest BCUT2D eigenvalue weighted by Gasteiger charge is -2.30. The van der Waals surface area contributed by atoms with E-state index in [0.29, 0.717) is 5.82 Å². The van der Waals surface area contributed by atoms with Crippen LogP contribution in [0.2, 0.25) is 0 Å². The summed E-state index contributed by atoms with van der Waals surface area (Å²) in [4.78, 5) is 10.7. The molecule has 282 valence electrons. The van der Waals surface area contributed by atoms with Crippen molar-refractivity contribution in [2.45, 2.75) is 5.41 Å². The van der Waals surface area contributed by atoms with Gasteiger partial charge in [-0.2, -0.15) is 0 Å². The first-order valence-electron chi connectivity index (χ1n) is 21.1. The van der Waals surface area contributed by atoms with Gasteiger partial charge >= 0.3 is 0 Å². The molecule has 0 fully saturated rings. The van der Waals surface area contributed by atoms with Gasteiger partial charge in [0.2, 0.25) is 0 Å². The van der Waals surface area contributed by atoms with E-state index in [1.165, 1.54) is 82.6 Å². The first-order chi connectivity index (χ1) is 30.3. The molecule has 1 heterocycles. The number of hydrogen-bond donors (Lipinski definition) is 0. The molecule has 0 saturated carbocycles. The van der Waals surface area contributed by atoms with E-state index in [1.54, 1.807) is 0 Å². The van der Waals surface area contributed by atoms with Crippen molar-refractivity contribution in [3.05, 3.63) is 241 Å². The summed E-state index contributed by atoms with van der Waals surface area (Å²) < 4.78 is 0. The number of fused-ring (bicyclic) bond motifs is 16. The fraction of sp³-hybridized carbons (Fsp3) is 0.0169. The molecule has 0 bridgehead atoms. The highest BCUT2D eigenvalue weighted by atomic mass is 14.9. The predicted molar refractivity (Wildman–Crippen MR) is 253 cm³/mol. The number of aromatic nitrogens is 2. The third kappa shape index (κ3) is 4.85. The van der Waals surface area contributed by atoms with Crippen molar-refractivity contribution in [3.63, 3.8) is 0 Å². The van der Waals surface area contributed by atoms with Crippen LogP contribution in [-0.2, 0) is 5.41 Å². The molecule has 1 spiro atoms. The largest absolute Gasteiger partial charge is 0.228 e. The standard InChI is InChI=1S/C59H36N2/c1-3-16-37(17-4-1)55-36-56(38-18-5-2-6-19-38)61-58(60-55)49-26-15-25-48-42-21-8-7-20-41(42)43-32-30-39(34-50(43)57(48)49)40-31-33-47-46-24-11-14-29-53(46)59(54(47)35-40)51-27-12-9-22-44(51)45-23-10-13-28-52(45)59/h1-36H. The SMILES string of the molecule is c1ccc(-c2cc(-c3ccccc3)nc(-c3cccc4c5ccccc5c5ccc(-c6ccc7c(c6)C6(c8ccccc8-c8ccccc86)c6ccccc6-7)cc5c34)n2)cc1. The van der Waals surface area contributed by atoms with Crippen molar-refractivity contribution in [1.82, 2.24) is 9.97 Å². The van der Waals surface area contributed by atoms with Crippen LogP contribution in [0.5, 0.6) is 0 Å². The Kier molecular flexibility index (Phi) is 7.26. The van der Waals surface area contributed by atoms with Gasteiger partial charge in [-0.25, -0.2) is 9.97 Å². The van der Waals surface area contributed by atoms with E-state index >= 15 is 0 Å². The molecule has 2 nitrogen and oxygen atoms in total. The van der Waals surface area contributed by atoms with E-state index in [9.17, 15) is 0 Å². The van der Waals surface area contributed by atoms with Crippen molar-refractivity contribution in [1.29, 1.82) is 0 Å². The van der Waals surface area contributed by atoms with Crippen molar-refractivity contribution < 1.29 is 0 Å². The molecule has 1 aromatic heterocycles.